The fraction of sp³-hybridized carbons (Fsp3) is 0.412. The molecule has 2 unspecified atom stereocenters. The highest BCUT2D eigenvalue weighted by atomic mass is 35.5. The molecule has 0 saturated carbocycles. The lowest BCUT2D eigenvalue weighted by Gasteiger charge is -2.39. The lowest BCUT2D eigenvalue weighted by Crippen LogP contribution is -2.46. The van der Waals surface area contributed by atoms with Gasteiger partial charge in [-0.05, 0) is 73.7 Å². The standard InChI is InChI=1S/C34H38FN3O3.ClH/c1-41-28-13-11-25(12-14-28)21-37-20-17-34(33(37)40)15-18-36(19-16-34)22-27-23-38(24-30(27)26-7-3-2-4-8-26)32(39)29-9-5-6-10-31(29)35;/h2-14,27,30H,15-24H2,1H3;1H. The summed E-state index contributed by atoms with van der Waals surface area (Å²) in [6.07, 6.45) is 2.65. The van der Waals surface area contributed by atoms with E-state index in [-0.39, 0.29) is 47.0 Å². The van der Waals surface area contributed by atoms with Crippen molar-refractivity contribution in [2.75, 3.05) is 46.4 Å². The summed E-state index contributed by atoms with van der Waals surface area (Å²) in [6, 6.07) is 24.6. The molecule has 0 aliphatic carbocycles. The van der Waals surface area contributed by atoms with Gasteiger partial charge in [0.05, 0.1) is 18.1 Å². The van der Waals surface area contributed by atoms with Crippen LogP contribution in [0, 0.1) is 17.2 Å². The summed E-state index contributed by atoms with van der Waals surface area (Å²) in [5, 5.41) is 0. The first-order chi connectivity index (χ1) is 20.0. The first-order valence-electron chi connectivity index (χ1n) is 14.7. The van der Waals surface area contributed by atoms with Crippen molar-refractivity contribution in [1.82, 2.24) is 14.7 Å². The summed E-state index contributed by atoms with van der Waals surface area (Å²) in [6.45, 7) is 5.24. The largest absolute Gasteiger partial charge is 0.497 e. The molecule has 0 bridgehead atoms. The molecule has 3 aliphatic rings. The van der Waals surface area contributed by atoms with Gasteiger partial charge in [-0.15, -0.1) is 12.4 Å². The van der Waals surface area contributed by atoms with E-state index in [4.69, 9.17) is 4.74 Å². The predicted octanol–water partition coefficient (Wildman–Crippen LogP) is 5.63. The minimum Gasteiger partial charge on any atom is -0.497 e. The summed E-state index contributed by atoms with van der Waals surface area (Å²) >= 11 is 0. The molecule has 3 aromatic carbocycles. The molecule has 2 amide bonds. The molecule has 0 radical (unpaired) electrons. The van der Waals surface area contributed by atoms with Crippen molar-refractivity contribution in [3.63, 3.8) is 0 Å². The van der Waals surface area contributed by atoms with Crippen molar-refractivity contribution >= 4 is 24.2 Å². The number of nitrogens with zero attached hydrogens (tertiary/aromatic N) is 3. The third kappa shape index (κ3) is 6.04. The lowest BCUT2D eigenvalue weighted by atomic mass is 9.76. The summed E-state index contributed by atoms with van der Waals surface area (Å²) in [7, 11) is 1.66. The van der Waals surface area contributed by atoms with Crippen molar-refractivity contribution in [3.8, 4) is 5.75 Å². The number of carbonyl (C=O) groups excluding carboxylic acids is 2. The van der Waals surface area contributed by atoms with Crippen molar-refractivity contribution in [1.29, 1.82) is 0 Å². The molecule has 42 heavy (non-hydrogen) atoms. The fourth-order valence-electron chi connectivity index (χ4n) is 7.06. The lowest BCUT2D eigenvalue weighted by molar-refractivity contribution is -0.139. The summed E-state index contributed by atoms with van der Waals surface area (Å²) in [5.41, 5.74) is 2.22. The van der Waals surface area contributed by atoms with Crippen LogP contribution in [0.2, 0.25) is 0 Å². The van der Waals surface area contributed by atoms with Crippen LogP contribution in [0.15, 0.2) is 78.9 Å². The third-order valence-corrected chi connectivity index (χ3v) is 9.50. The molecule has 6 rings (SSSR count). The van der Waals surface area contributed by atoms with Crippen molar-refractivity contribution in [2.24, 2.45) is 11.3 Å². The molecule has 2 atom stereocenters. The molecule has 3 heterocycles. The first kappa shape index (κ1) is 30.1. The summed E-state index contributed by atoms with van der Waals surface area (Å²) in [5.74, 6) is 0.835. The van der Waals surface area contributed by atoms with Crippen LogP contribution in [0.4, 0.5) is 4.39 Å². The van der Waals surface area contributed by atoms with Crippen LogP contribution in [0.25, 0.3) is 0 Å². The van der Waals surface area contributed by atoms with Gasteiger partial charge in [0, 0.05) is 38.6 Å². The maximum Gasteiger partial charge on any atom is 0.256 e. The summed E-state index contributed by atoms with van der Waals surface area (Å²) in [4.78, 5) is 33.2. The van der Waals surface area contributed by atoms with E-state index < -0.39 is 5.82 Å². The number of hydrogen-bond donors (Lipinski definition) is 0. The van der Waals surface area contributed by atoms with Crippen LogP contribution in [0.3, 0.4) is 0 Å². The number of carbonyl (C=O) groups is 2. The Kier molecular flexibility index (Phi) is 9.19. The van der Waals surface area contributed by atoms with Gasteiger partial charge in [0.1, 0.15) is 11.6 Å². The zero-order valence-corrected chi connectivity index (χ0v) is 24.9. The molecule has 6 nitrogen and oxygen atoms in total. The Bertz CT molecular complexity index is 1380. The van der Waals surface area contributed by atoms with E-state index in [9.17, 15) is 14.0 Å². The maximum absolute atomic E-state index is 14.4. The SMILES string of the molecule is COc1ccc(CN2CCC3(CCN(CC4CN(C(=O)c5ccccc5F)CC4c4ccccc4)CC3)C2=O)cc1.Cl. The molecule has 0 aromatic heterocycles. The molecule has 0 N–H and O–H groups in total. The molecule has 8 heteroatoms. The number of methoxy groups -OCH3 is 1. The van der Waals surface area contributed by atoms with E-state index in [0.29, 0.717) is 19.6 Å². The van der Waals surface area contributed by atoms with E-state index in [1.807, 2.05) is 52.3 Å². The van der Waals surface area contributed by atoms with E-state index in [0.717, 1.165) is 56.8 Å². The number of likely N-dealkylation sites (tertiary alicyclic amines) is 3. The Morgan fingerprint density at radius 3 is 2.26 bits per heavy atom. The van der Waals surface area contributed by atoms with Gasteiger partial charge in [-0.3, -0.25) is 9.59 Å². The monoisotopic (exact) mass is 591 g/mol. The van der Waals surface area contributed by atoms with Crippen molar-refractivity contribution < 1.29 is 18.7 Å². The highest BCUT2D eigenvalue weighted by Gasteiger charge is 2.48. The van der Waals surface area contributed by atoms with Crippen LogP contribution >= 0.6 is 12.4 Å². The Morgan fingerprint density at radius 1 is 0.905 bits per heavy atom. The van der Waals surface area contributed by atoms with Crippen LogP contribution in [-0.2, 0) is 11.3 Å². The number of amides is 2. The average Bonchev–Trinajstić information content (AvgIpc) is 3.56. The predicted molar refractivity (Wildman–Crippen MR) is 163 cm³/mol. The third-order valence-electron chi connectivity index (χ3n) is 9.50. The number of hydrogen-bond acceptors (Lipinski definition) is 4. The van der Waals surface area contributed by atoms with E-state index in [1.165, 1.54) is 11.6 Å². The average molecular weight is 592 g/mol. The minimum atomic E-state index is -0.471. The molecule has 1 spiro atoms. The van der Waals surface area contributed by atoms with Gasteiger partial charge in [-0.1, -0.05) is 54.6 Å². The molecule has 222 valence electrons. The zero-order chi connectivity index (χ0) is 28.4. The van der Waals surface area contributed by atoms with E-state index in [2.05, 4.69) is 17.0 Å². The van der Waals surface area contributed by atoms with Gasteiger partial charge >= 0.3 is 0 Å². The minimum absolute atomic E-state index is 0. The number of halogens is 2. The normalized spacial score (nSPS) is 21.9. The number of piperidine rings is 1. The smallest absolute Gasteiger partial charge is 0.256 e. The highest BCUT2D eigenvalue weighted by molar-refractivity contribution is 5.94. The second kappa shape index (κ2) is 12.8. The van der Waals surface area contributed by atoms with Crippen molar-refractivity contribution in [2.45, 2.75) is 31.7 Å². The van der Waals surface area contributed by atoms with Crippen molar-refractivity contribution in [3.05, 3.63) is 101 Å². The van der Waals surface area contributed by atoms with Crippen LogP contribution in [0.5, 0.6) is 5.75 Å². The van der Waals surface area contributed by atoms with Gasteiger partial charge in [-0.2, -0.15) is 0 Å². The fourth-order valence-corrected chi connectivity index (χ4v) is 7.06. The first-order valence-corrected chi connectivity index (χ1v) is 14.7. The molecular formula is C34H39ClFN3O3. The Labute approximate surface area is 253 Å². The summed E-state index contributed by atoms with van der Waals surface area (Å²) < 4.78 is 19.7. The van der Waals surface area contributed by atoms with Crippen LogP contribution in [-0.4, -0.2) is 72.9 Å². The van der Waals surface area contributed by atoms with Gasteiger partial charge in [0.2, 0.25) is 5.91 Å². The zero-order valence-electron chi connectivity index (χ0n) is 24.1. The van der Waals surface area contributed by atoms with Crippen LogP contribution in [0.1, 0.15) is 46.7 Å². The number of benzene rings is 3. The molecule has 3 saturated heterocycles. The van der Waals surface area contributed by atoms with E-state index in [1.54, 1.807) is 25.3 Å². The Hall–Kier alpha value is -3.42. The quantitative estimate of drug-likeness (QED) is 0.358. The molecule has 3 aliphatic heterocycles. The second-order valence-corrected chi connectivity index (χ2v) is 11.9. The molecular weight excluding hydrogens is 553 g/mol. The number of rotatable bonds is 7. The van der Waals surface area contributed by atoms with Gasteiger partial charge in [-0.25, -0.2) is 4.39 Å². The molecule has 3 fully saturated rings. The maximum atomic E-state index is 14.4. The number of ether oxygens (including phenoxy) is 1. The van der Waals surface area contributed by atoms with Gasteiger partial charge in [0.15, 0.2) is 0 Å². The highest BCUT2D eigenvalue weighted by Crippen LogP contribution is 2.43. The van der Waals surface area contributed by atoms with Crippen LogP contribution < -0.4 is 4.74 Å². The Morgan fingerprint density at radius 2 is 1.57 bits per heavy atom. The second-order valence-electron chi connectivity index (χ2n) is 11.9. The van der Waals surface area contributed by atoms with E-state index >= 15 is 0 Å². The Balaban J connectivity index is 0.00000353. The van der Waals surface area contributed by atoms with Gasteiger partial charge < -0.3 is 19.4 Å². The molecule has 3 aromatic rings. The topological polar surface area (TPSA) is 53.1 Å². The van der Waals surface area contributed by atoms with Gasteiger partial charge in [0.25, 0.3) is 5.91 Å².